The molecule has 0 radical (unpaired) electrons. The summed E-state index contributed by atoms with van der Waals surface area (Å²) in [6.45, 7) is 6.18. The van der Waals surface area contributed by atoms with Crippen LogP contribution in [0.15, 0.2) is 194 Å². The molecule has 7 heteroatoms. The van der Waals surface area contributed by atoms with Crippen LogP contribution in [0, 0.1) is 20.8 Å². The number of hydrogen-bond donors (Lipinski definition) is 0. The molecule has 0 N–H and O–H groups in total. The Kier molecular flexibility index (Phi) is 10.5. The van der Waals surface area contributed by atoms with Crippen LogP contribution in [-0.2, 0) is 0 Å². The van der Waals surface area contributed by atoms with Crippen LogP contribution < -0.4 is 0 Å². The van der Waals surface area contributed by atoms with Gasteiger partial charge in [-0.15, -0.1) is 0 Å². The van der Waals surface area contributed by atoms with Crippen LogP contribution in [0.4, 0.5) is 0 Å². The van der Waals surface area contributed by atoms with E-state index in [2.05, 4.69) is 141 Å². The van der Waals surface area contributed by atoms with Crippen LogP contribution in [-0.4, -0.2) is 34.9 Å². The topological polar surface area (TPSA) is 90.2 Å². The predicted octanol–water partition coefficient (Wildman–Crippen LogP) is 13.4. The van der Waals surface area contributed by atoms with Crippen molar-refractivity contribution in [2.24, 2.45) is 0 Å². The second-order valence-corrected chi connectivity index (χ2v) is 15.7. The zero-order valence-corrected chi connectivity index (χ0v) is 35.1. The van der Waals surface area contributed by atoms with E-state index in [1.165, 1.54) is 11.1 Å². The summed E-state index contributed by atoms with van der Waals surface area (Å²) in [7, 11) is 0. The van der Waals surface area contributed by atoms with Crippen LogP contribution in [0.2, 0.25) is 0 Å². The van der Waals surface area contributed by atoms with Gasteiger partial charge in [-0.2, -0.15) is 0 Å². The molecule has 0 aliphatic heterocycles. The van der Waals surface area contributed by atoms with Crippen molar-refractivity contribution in [2.75, 3.05) is 0 Å². The van der Waals surface area contributed by atoms with Crippen LogP contribution in [0.5, 0.6) is 0 Å². The quantitative estimate of drug-likeness (QED) is 0.143. The summed E-state index contributed by atoms with van der Waals surface area (Å²) in [5.74, 6) is 3.78. The van der Waals surface area contributed by atoms with E-state index in [9.17, 15) is 0 Å². The fraction of sp³-hybridized carbons (Fsp3) is 0.0536. The second-order valence-electron chi connectivity index (χ2n) is 15.7. The third kappa shape index (κ3) is 8.41. The molecule has 7 nitrogen and oxygen atoms in total. The number of hydrogen-bond acceptors (Lipinski definition) is 7. The van der Waals surface area contributed by atoms with Crippen LogP contribution >= 0.6 is 0 Å². The van der Waals surface area contributed by atoms with Crippen molar-refractivity contribution in [1.29, 1.82) is 0 Å². The average molecular weight is 812 g/mol. The highest BCUT2D eigenvalue weighted by Gasteiger charge is 2.17. The molecule has 0 spiro atoms. The largest absolute Gasteiger partial charge is 0.253 e. The SMILES string of the molecule is Cc1ccc(-c2nc(-c3ccc(C)cc3)nc(-c3ccc(-c4ccc(-c5ccc(-c6nc(-c7ccccc7)nc(-c7ccccc7)n6)cc5)cc4-c4cccc(C)n4)cc3)n2)cc1. The van der Waals surface area contributed by atoms with Gasteiger partial charge in [-0.3, -0.25) is 4.98 Å². The number of benzene rings is 7. The maximum atomic E-state index is 4.99. The van der Waals surface area contributed by atoms with Crippen molar-refractivity contribution < 1.29 is 0 Å². The van der Waals surface area contributed by atoms with Crippen molar-refractivity contribution in [3.63, 3.8) is 0 Å². The van der Waals surface area contributed by atoms with Crippen molar-refractivity contribution in [2.45, 2.75) is 20.8 Å². The minimum absolute atomic E-state index is 0.617. The van der Waals surface area contributed by atoms with Gasteiger partial charge in [0.25, 0.3) is 0 Å². The maximum Gasteiger partial charge on any atom is 0.164 e. The van der Waals surface area contributed by atoms with Crippen LogP contribution in [0.1, 0.15) is 16.8 Å². The highest BCUT2D eigenvalue weighted by atomic mass is 15.0. The van der Waals surface area contributed by atoms with E-state index in [1.54, 1.807) is 0 Å². The molecular weight excluding hydrogens is 771 g/mol. The third-order valence-corrected chi connectivity index (χ3v) is 11.1. The Balaban J connectivity index is 1.00. The molecule has 0 bridgehead atoms. The maximum absolute atomic E-state index is 4.99. The van der Waals surface area contributed by atoms with Gasteiger partial charge < -0.3 is 0 Å². The van der Waals surface area contributed by atoms with Gasteiger partial charge in [-0.05, 0) is 61.2 Å². The first kappa shape index (κ1) is 38.9. The Morgan fingerprint density at radius 3 is 1.00 bits per heavy atom. The van der Waals surface area contributed by atoms with E-state index in [4.69, 9.17) is 34.9 Å². The van der Waals surface area contributed by atoms with Crippen LogP contribution in [0.25, 0.3) is 102 Å². The molecular formula is C56H41N7. The Morgan fingerprint density at radius 2 is 0.587 bits per heavy atom. The molecule has 0 saturated carbocycles. The summed E-state index contributed by atoms with van der Waals surface area (Å²) in [6.07, 6.45) is 0. The molecule has 10 aromatic rings. The Bertz CT molecular complexity index is 3080. The van der Waals surface area contributed by atoms with Crippen molar-refractivity contribution in [3.05, 3.63) is 211 Å². The molecule has 10 rings (SSSR count). The minimum Gasteiger partial charge on any atom is -0.253 e. The first-order valence-electron chi connectivity index (χ1n) is 21.0. The van der Waals surface area contributed by atoms with Gasteiger partial charge in [0.05, 0.1) is 5.69 Å². The first-order valence-corrected chi connectivity index (χ1v) is 21.0. The summed E-state index contributed by atoms with van der Waals surface area (Å²) in [5.41, 5.74) is 15.1. The summed E-state index contributed by atoms with van der Waals surface area (Å²) in [5, 5.41) is 0. The van der Waals surface area contributed by atoms with E-state index < -0.39 is 0 Å². The van der Waals surface area contributed by atoms with Gasteiger partial charge >= 0.3 is 0 Å². The molecule has 0 saturated heterocycles. The summed E-state index contributed by atoms with van der Waals surface area (Å²) < 4.78 is 0. The fourth-order valence-electron chi connectivity index (χ4n) is 7.60. The second kappa shape index (κ2) is 17.0. The summed E-state index contributed by atoms with van der Waals surface area (Å²) >= 11 is 0. The molecule has 0 fully saturated rings. The number of rotatable bonds is 9. The Morgan fingerprint density at radius 1 is 0.238 bits per heavy atom. The molecule has 0 aliphatic carbocycles. The molecule has 0 amide bonds. The molecule has 300 valence electrons. The summed E-state index contributed by atoms with van der Waals surface area (Å²) in [4.78, 5) is 34.6. The standard InChI is InChI=1S/C56H41N7/c1-36-17-21-43(22-18-36)53-61-54(44-23-19-37(2)20-24-44)63-56(62-53)46-31-27-40(28-32-46)48-34-33-47(35-49(48)50-16-10-11-38(3)57-50)39-25-29-45(30-26-39)55-59-51(41-12-6-4-7-13-41)58-52(60-55)42-14-8-5-9-15-42/h4-35H,1-3H3. The lowest BCUT2D eigenvalue weighted by atomic mass is 9.92. The van der Waals surface area contributed by atoms with E-state index in [0.29, 0.717) is 34.9 Å². The Labute approximate surface area is 367 Å². The van der Waals surface area contributed by atoms with Crippen LogP contribution in [0.3, 0.4) is 0 Å². The smallest absolute Gasteiger partial charge is 0.164 e. The fourth-order valence-corrected chi connectivity index (χ4v) is 7.60. The molecule has 63 heavy (non-hydrogen) atoms. The third-order valence-electron chi connectivity index (χ3n) is 11.1. The molecule has 3 aromatic heterocycles. The molecule has 0 aliphatic rings. The zero-order chi connectivity index (χ0) is 42.7. The van der Waals surface area contributed by atoms with E-state index >= 15 is 0 Å². The zero-order valence-electron chi connectivity index (χ0n) is 35.1. The number of aromatic nitrogens is 7. The van der Waals surface area contributed by atoms with Gasteiger partial charge in [-0.1, -0.05) is 187 Å². The van der Waals surface area contributed by atoms with Gasteiger partial charge in [0.1, 0.15) is 0 Å². The number of pyridine rings is 1. The van der Waals surface area contributed by atoms with Gasteiger partial charge in [0.2, 0.25) is 0 Å². The van der Waals surface area contributed by atoms with Crippen molar-refractivity contribution in [1.82, 2.24) is 34.9 Å². The lowest BCUT2D eigenvalue weighted by Crippen LogP contribution is -2.00. The van der Waals surface area contributed by atoms with E-state index in [1.807, 2.05) is 73.7 Å². The van der Waals surface area contributed by atoms with Crippen molar-refractivity contribution >= 4 is 0 Å². The van der Waals surface area contributed by atoms with Gasteiger partial charge in [-0.25, -0.2) is 29.9 Å². The molecule has 3 heterocycles. The lowest BCUT2D eigenvalue weighted by molar-refractivity contribution is 1.07. The molecule has 0 atom stereocenters. The highest BCUT2D eigenvalue weighted by Crippen LogP contribution is 2.37. The van der Waals surface area contributed by atoms with Crippen molar-refractivity contribution in [3.8, 4) is 102 Å². The predicted molar refractivity (Wildman–Crippen MR) is 254 cm³/mol. The van der Waals surface area contributed by atoms with E-state index in [0.717, 1.165) is 72.6 Å². The van der Waals surface area contributed by atoms with Gasteiger partial charge in [0.15, 0.2) is 34.9 Å². The minimum atomic E-state index is 0.617. The molecule has 0 unspecified atom stereocenters. The Hall–Kier alpha value is -8.29. The lowest BCUT2D eigenvalue weighted by Gasteiger charge is -2.14. The van der Waals surface area contributed by atoms with Gasteiger partial charge in [0, 0.05) is 44.6 Å². The first-order chi connectivity index (χ1) is 30.9. The summed E-state index contributed by atoms with van der Waals surface area (Å²) in [6, 6.07) is 66.3. The normalized spacial score (nSPS) is 11.1. The van der Waals surface area contributed by atoms with E-state index in [-0.39, 0.29) is 0 Å². The molecule has 7 aromatic carbocycles. The highest BCUT2D eigenvalue weighted by molar-refractivity contribution is 5.87. The monoisotopic (exact) mass is 811 g/mol. The number of aryl methyl sites for hydroxylation is 3. The average Bonchev–Trinajstić information content (AvgIpc) is 3.34. The number of nitrogens with zero attached hydrogens (tertiary/aromatic N) is 7.